The van der Waals surface area contributed by atoms with Gasteiger partial charge in [-0.3, -0.25) is 4.79 Å². The van der Waals surface area contributed by atoms with Gasteiger partial charge in [0.25, 0.3) is 5.56 Å². The van der Waals surface area contributed by atoms with Crippen molar-refractivity contribution in [2.24, 2.45) is 0 Å². The molecule has 1 saturated heterocycles. The fraction of sp³-hybridized carbons (Fsp3) is 0.250. The number of benzene rings is 2. The topological polar surface area (TPSA) is 51.3 Å². The van der Waals surface area contributed by atoms with Gasteiger partial charge in [0, 0.05) is 17.8 Å². The first kappa shape index (κ1) is 17.7. The Bertz CT molecular complexity index is 1260. The second kappa shape index (κ2) is 7.24. The molecule has 1 fully saturated rings. The van der Waals surface area contributed by atoms with E-state index >= 15 is 0 Å². The summed E-state index contributed by atoms with van der Waals surface area (Å²) in [5.74, 6) is 0. The van der Waals surface area contributed by atoms with E-state index in [0.29, 0.717) is 5.22 Å². The van der Waals surface area contributed by atoms with E-state index in [0.717, 1.165) is 54.1 Å². The predicted octanol–water partition coefficient (Wildman–Crippen LogP) is 3.45. The van der Waals surface area contributed by atoms with E-state index in [1.807, 2.05) is 41.0 Å². The van der Waals surface area contributed by atoms with E-state index in [-0.39, 0.29) is 5.56 Å². The van der Waals surface area contributed by atoms with E-state index in [4.69, 9.17) is 4.98 Å². The van der Waals surface area contributed by atoms with Crippen LogP contribution in [0.15, 0.2) is 65.6 Å². The highest BCUT2D eigenvalue weighted by Crippen LogP contribution is 2.20. The van der Waals surface area contributed by atoms with E-state index in [1.54, 1.807) is 4.68 Å². The molecule has 1 aliphatic heterocycles. The van der Waals surface area contributed by atoms with Crippen molar-refractivity contribution in [1.82, 2.24) is 19.5 Å². The van der Waals surface area contributed by atoms with Gasteiger partial charge in [0.05, 0.1) is 17.6 Å². The summed E-state index contributed by atoms with van der Waals surface area (Å²) in [5, 5.41) is 4.21. The van der Waals surface area contributed by atoms with Gasteiger partial charge < -0.3 is 5.32 Å². The number of para-hydroxylation sites is 1. The molecule has 2 aromatic carbocycles. The third-order valence-corrected chi connectivity index (χ3v) is 5.63. The van der Waals surface area contributed by atoms with Crippen molar-refractivity contribution >= 4 is 11.3 Å². The Morgan fingerprint density at radius 3 is 2.55 bits per heavy atom. The minimum Gasteiger partial charge on any atom is -0.388 e. The Balaban J connectivity index is 1.82. The Hall–Kier alpha value is -3.34. The first-order valence-electron chi connectivity index (χ1n) is 10.3. The third-order valence-electron chi connectivity index (χ3n) is 5.63. The number of nitrogens with one attached hydrogen (secondary N) is 1. The molecule has 0 unspecified atom stereocenters. The first-order chi connectivity index (χ1) is 14.2. The average Bonchev–Trinajstić information content (AvgIpc) is 3.12. The molecule has 0 radical (unpaired) electrons. The molecule has 5 rings (SSSR count). The van der Waals surface area contributed by atoms with Crippen molar-refractivity contribution < 1.29 is 0 Å². The van der Waals surface area contributed by atoms with Crippen molar-refractivity contribution in [2.45, 2.75) is 32.6 Å². The van der Waals surface area contributed by atoms with E-state index in [1.165, 1.54) is 12.0 Å². The van der Waals surface area contributed by atoms with Crippen LogP contribution in [0, 0.1) is 6.92 Å². The van der Waals surface area contributed by atoms with Gasteiger partial charge in [0.15, 0.2) is 5.65 Å². The van der Waals surface area contributed by atoms with Gasteiger partial charge in [-0.25, -0.2) is 14.2 Å². The standard InChI is InChI=1S/C24H24N4O/c1-17-11-13-18(14-12-17)21-16-27-23(26-21)22(20-10-6-3-7-15-25-20)24(29)28(27)19-8-4-2-5-9-19/h2,4-5,8-9,11-14,16,25H,3,6-7,10,15H2,1H3/b22-20-. The monoisotopic (exact) mass is 384 g/mol. The van der Waals surface area contributed by atoms with E-state index in [2.05, 4.69) is 36.5 Å². The van der Waals surface area contributed by atoms with E-state index < -0.39 is 0 Å². The second-order valence-electron chi connectivity index (χ2n) is 7.70. The van der Waals surface area contributed by atoms with E-state index in [9.17, 15) is 4.79 Å². The molecule has 4 aromatic rings. The zero-order valence-electron chi connectivity index (χ0n) is 16.6. The number of hydrogen-bond acceptors (Lipinski definition) is 3. The average molecular weight is 384 g/mol. The minimum atomic E-state index is -0.0152. The highest BCUT2D eigenvalue weighted by molar-refractivity contribution is 5.65. The first-order valence-corrected chi connectivity index (χ1v) is 10.3. The number of rotatable bonds is 2. The summed E-state index contributed by atoms with van der Waals surface area (Å²) in [7, 11) is 0. The second-order valence-corrected chi connectivity index (χ2v) is 7.70. The molecule has 0 spiro atoms. The fourth-order valence-electron chi connectivity index (χ4n) is 4.08. The van der Waals surface area contributed by atoms with Gasteiger partial charge >= 0.3 is 0 Å². The summed E-state index contributed by atoms with van der Waals surface area (Å²) in [5.41, 5.74) is 5.71. The Kier molecular flexibility index (Phi) is 4.43. The van der Waals surface area contributed by atoms with Crippen molar-refractivity contribution in [3.63, 3.8) is 0 Å². The van der Waals surface area contributed by atoms with Crippen molar-refractivity contribution in [2.75, 3.05) is 6.54 Å². The smallest absolute Gasteiger partial charge is 0.283 e. The molecule has 146 valence electrons. The summed E-state index contributed by atoms with van der Waals surface area (Å²) < 4.78 is 3.64. The molecule has 2 aromatic heterocycles. The minimum absolute atomic E-state index is 0.0152. The largest absolute Gasteiger partial charge is 0.388 e. The highest BCUT2D eigenvalue weighted by atomic mass is 16.1. The SMILES string of the molecule is Cc1ccc(-c2cn3c(n2)/c(=C2\CCCCCN2)c(=O)n3-c2ccccc2)cc1. The maximum Gasteiger partial charge on any atom is 0.283 e. The highest BCUT2D eigenvalue weighted by Gasteiger charge is 2.19. The maximum atomic E-state index is 13.5. The molecule has 5 heteroatoms. The molecular formula is C24H24N4O. The molecule has 0 bridgehead atoms. The van der Waals surface area contributed by atoms with Crippen molar-refractivity contribution in [3.8, 4) is 16.9 Å². The van der Waals surface area contributed by atoms with Crippen LogP contribution in [0.4, 0.5) is 0 Å². The Labute approximate surface area is 169 Å². The summed E-state index contributed by atoms with van der Waals surface area (Å²) >= 11 is 0. The van der Waals surface area contributed by atoms with Crippen LogP contribution in [-0.2, 0) is 0 Å². The number of fused-ring (bicyclic) bond motifs is 1. The molecule has 3 heterocycles. The van der Waals surface area contributed by atoms with Gasteiger partial charge in [-0.15, -0.1) is 0 Å². The lowest BCUT2D eigenvalue weighted by Crippen LogP contribution is -2.33. The molecule has 0 atom stereocenters. The number of aryl methyl sites for hydroxylation is 1. The Morgan fingerprint density at radius 2 is 1.76 bits per heavy atom. The van der Waals surface area contributed by atoms with Crippen LogP contribution in [-0.4, -0.2) is 20.7 Å². The quantitative estimate of drug-likeness (QED) is 0.576. The van der Waals surface area contributed by atoms with Crippen LogP contribution < -0.4 is 16.1 Å². The van der Waals surface area contributed by atoms with Crippen LogP contribution in [0.3, 0.4) is 0 Å². The van der Waals surface area contributed by atoms with Gasteiger partial charge in [-0.05, 0) is 38.3 Å². The summed E-state index contributed by atoms with van der Waals surface area (Å²) in [6, 6.07) is 18.1. The van der Waals surface area contributed by atoms with Crippen molar-refractivity contribution in [1.29, 1.82) is 0 Å². The molecule has 5 nitrogen and oxygen atoms in total. The summed E-state index contributed by atoms with van der Waals surface area (Å²) in [4.78, 5) is 18.4. The molecular weight excluding hydrogens is 360 g/mol. The lowest BCUT2D eigenvalue weighted by atomic mass is 10.1. The summed E-state index contributed by atoms with van der Waals surface area (Å²) in [6.07, 6.45) is 6.27. The van der Waals surface area contributed by atoms with Crippen LogP contribution >= 0.6 is 0 Å². The molecule has 0 saturated carbocycles. The lowest BCUT2D eigenvalue weighted by Gasteiger charge is -2.04. The van der Waals surface area contributed by atoms with Gasteiger partial charge in [0.1, 0.15) is 5.22 Å². The van der Waals surface area contributed by atoms with Crippen LogP contribution in [0.25, 0.3) is 28.3 Å². The molecule has 0 amide bonds. The normalized spacial score (nSPS) is 16.6. The number of aromatic nitrogens is 3. The van der Waals surface area contributed by atoms with Gasteiger partial charge in [0.2, 0.25) is 0 Å². The molecule has 0 aliphatic carbocycles. The molecule has 29 heavy (non-hydrogen) atoms. The van der Waals surface area contributed by atoms with Crippen LogP contribution in [0.5, 0.6) is 0 Å². The zero-order valence-corrected chi connectivity index (χ0v) is 16.6. The summed E-state index contributed by atoms with van der Waals surface area (Å²) in [6.45, 7) is 2.98. The van der Waals surface area contributed by atoms with Crippen LogP contribution in [0.1, 0.15) is 31.2 Å². The van der Waals surface area contributed by atoms with Gasteiger partial charge in [-0.2, -0.15) is 0 Å². The fourth-order valence-corrected chi connectivity index (χ4v) is 4.08. The number of nitrogens with zero attached hydrogens (tertiary/aromatic N) is 3. The molecule has 1 N–H and O–H groups in total. The number of hydrogen-bond donors (Lipinski definition) is 1. The maximum absolute atomic E-state index is 13.5. The third kappa shape index (κ3) is 3.12. The predicted molar refractivity (Wildman–Crippen MR) is 116 cm³/mol. The van der Waals surface area contributed by atoms with Gasteiger partial charge in [-0.1, -0.05) is 54.4 Å². The van der Waals surface area contributed by atoms with Crippen molar-refractivity contribution in [3.05, 3.63) is 81.9 Å². The Morgan fingerprint density at radius 1 is 0.966 bits per heavy atom. The molecule has 1 aliphatic rings. The zero-order chi connectivity index (χ0) is 19.8. The number of imidazole rings is 1. The van der Waals surface area contributed by atoms with Crippen LogP contribution in [0.2, 0.25) is 0 Å². The lowest BCUT2D eigenvalue weighted by molar-refractivity contribution is 0.721.